The highest BCUT2D eigenvalue weighted by Crippen LogP contribution is 2.37. The predicted octanol–water partition coefficient (Wildman–Crippen LogP) is 4.85. The number of nitrogens with one attached hydrogen (secondary N) is 2. The van der Waals surface area contributed by atoms with E-state index in [-0.39, 0.29) is 17.9 Å². The molecule has 0 amide bonds. The molecule has 0 aromatic heterocycles. The minimum absolute atomic E-state index is 0.211. The summed E-state index contributed by atoms with van der Waals surface area (Å²) in [6, 6.07) is 7.50. The molecule has 3 nitrogen and oxygen atoms in total. The van der Waals surface area contributed by atoms with Gasteiger partial charge >= 0.3 is 0 Å². The van der Waals surface area contributed by atoms with Gasteiger partial charge in [0.25, 0.3) is 0 Å². The van der Waals surface area contributed by atoms with Crippen LogP contribution >= 0.6 is 0 Å². The van der Waals surface area contributed by atoms with Crippen LogP contribution in [0.15, 0.2) is 24.3 Å². The van der Waals surface area contributed by atoms with Gasteiger partial charge in [0, 0.05) is 23.9 Å². The van der Waals surface area contributed by atoms with E-state index in [2.05, 4.69) is 18.3 Å². The van der Waals surface area contributed by atoms with Gasteiger partial charge in [0.05, 0.1) is 12.6 Å². The smallest absolute Gasteiger partial charge is 0.132 e. The van der Waals surface area contributed by atoms with Crippen LogP contribution < -0.4 is 10.1 Å². The Morgan fingerprint density at radius 3 is 2.69 bits per heavy atom. The van der Waals surface area contributed by atoms with Crippen molar-refractivity contribution >= 4 is 6.21 Å². The number of aryl methyl sites for hydroxylation is 2. The van der Waals surface area contributed by atoms with Gasteiger partial charge in [-0.15, -0.1) is 0 Å². The number of ether oxygens (including phenoxy) is 1. The lowest BCUT2D eigenvalue weighted by Crippen LogP contribution is -2.39. The molecular formula is C22H27FN2O. The number of rotatable bonds is 5. The normalized spacial score (nSPS) is 19.1. The summed E-state index contributed by atoms with van der Waals surface area (Å²) in [5, 5.41) is 11.3. The minimum atomic E-state index is -0.245. The molecule has 3 rings (SSSR count). The van der Waals surface area contributed by atoms with Crippen LogP contribution in [-0.2, 0) is 6.42 Å². The zero-order chi connectivity index (χ0) is 18.8. The van der Waals surface area contributed by atoms with Crippen LogP contribution in [-0.4, -0.2) is 18.9 Å². The summed E-state index contributed by atoms with van der Waals surface area (Å²) in [5.74, 6) is 0.337. The first kappa shape index (κ1) is 18.6. The summed E-state index contributed by atoms with van der Waals surface area (Å²) in [6.45, 7) is 8.68. The SMILES string of the molecule is CCCOc1cc(C)c([C@@H]2N[C@@H](C)Cc3c2ccc(C)c3C=N)c(F)c1. The van der Waals surface area contributed by atoms with Crippen LogP contribution in [0, 0.1) is 25.1 Å². The summed E-state index contributed by atoms with van der Waals surface area (Å²) in [7, 11) is 0. The Morgan fingerprint density at radius 2 is 2.04 bits per heavy atom. The van der Waals surface area contributed by atoms with Crippen molar-refractivity contribution in [3.05, 3.63) is 63.5 Å². The van der Waals surface area contributed by atoms with Crippen molar-refractivity contribution in [2.45, 2.75) is 52.6 Å². The van der Waals surface area contributed by atoms with Crippen molar-refractivity contribution in [2.75, 3.05) is 6.61 Å². The monoisotopic (exact) mass is 354 g/mol. The fourth-order valence-electron chi connectivity index (χ4n) is 3.87. The highest BCUT2D eigenvalue weighted by atomic mass is 19.1. The number of hydrogen-bond donors (Lipinski definition) is 2. The second-order valence-corrected chi connectivity index (χ2v) is 7.20. The first-order valence-corrected chi connectivity index (χ1v) is 9.28. The van der Waals surface area contributed by atoms with E-state index in [4.69, 9.17) is 10.1 Å². The summed E-state index contributed by atoms with van der Waals surface area (Å²) in [5.41, 5.74) is 5.82. The van der Waals surface area contributed by atoms with E-state index in [0.717, 1.165) is 40.7 Å². The Bertz CT molecular complexity index is 808. The zero-order valence-corrected chi connectivity index (χ0v) is 15.9. The van der Waals surface area contributed by atoms with E-state index in [9.17, 15) is 0 Å². The molecule has 0 unspecified atom stereocenters. The molecule has 0 spiro atoms. The Kier molecular flexibility index (Phi) is 5.42. The van der Waals surface area contributed by atoms with Crippen LogP contribution in [0.3, 0.4) is 0 Å². The van der Waals surface area contributed by atoms with Gasteiger partial charge in [0.1, 0.15) is 11.6 Å². The third-order valence-corrected chi connectivity index (χ3v) is 5.10. The van der Waals surface area contributed by atoms with Gasteiger partial charge in [-0.1, -0.05) is 19.1 Å². The fraction of sp³-hybridized carbons (Fsp3) is 0.409. The minimum Gasteiger partial charge on any atom is -0.493 e. The Labute approximate surface area is 155 Å². The van der Waals surface area contributed by atoms with Gasteiger partial charge in [-0.2, -0.15) is 0 Å². The number of benzene rings is 2. The topological polar surface area (TPSA) is 45.1 Å². The van der Waals surface area contributed by atoms with Crippen LogP contribution in [0.1, 0.15) is 59.7 Å². The van der Waals surface area contributed by atoms with Crippen LogP contribution in [0.25, 0.3) is 0 Å². The average Bonchev–Trinajstić information content (AvgIpc) is 2.59. The van der Waals surface area contributed by atoms with Crippen LogP contribution in [0.2, 0.25) is 0 Å². The molecule has 0 saturated carbocycles. The molecule has 1 aliphatic rings. The third-order valence-electron chi connectivity index (χ3n) is 5.10. The average molecular weight is 354 g/mol. The first-order valence-electron chi connectivity index (χ1n) is 9.28. The second-order valence-electron chi connectivity index (χ2n) is 7.20. The molecule has 2 N–H and O–H groups in total. The van der Waals surface area contributed by atoms with Gasteiger partial charge in [-0.3, -0.25) is 0 Å². The Morgan fingerprint density at radius 1 is 1.27 bits per heavy atom. The molecule has 138 valence electrons. The van der Waals surface area contributed by atoms with Crippen molar-refractivity contribution < 1.29 is 9.13 Å². The Hall–Kier alpha value is -2.20. The Balaban J connectivity index is 2.10. The second kappa shape index (κ2) is 7.58. The molecule has 2 aromatic rings. The molecule has 2 aromatic carbocycles. The molecule has 4 heteroatoms. The van der Waals surface area contributed by atoms with Crippen molar-refractivity contribution in [1.29, 1.82) is 5.41 Å². The van der Waals surface area contributed by atoms with Crippen molar-refractivity contribution in [3.8, 4) is 5.75 Å². The van der Waals surface area contributed by atoms with Gasteiger partial charge < -0.3 is 15.5 Å². The number of halogens is 1. The van der Waals surface area contributed by atoms with Crippen LogP contribution in [0.5, 0.6) is 5.75 Å². The van der Waals surface area contributed by atoms with E-state index < -0.39 is 0 Å². The van der Waals surface area contributed by atoms with Crippen molar-refractivity contribution in [1.82, 2.24) is 5.32 Å². The molecule has 0 fully saturated rings. The molecule has 0 aliphatic carbocycles. The highest BCUT2D eigenvalue weighted by Gasteiger charge is 2.30. The summed E-state index contributed by atoms with van der Waals surface area (Å²) < 4.78 is 20.7. The summed E-state index contributed by atoms with van der Waals surface area (Å²) in [4.78, 5) is 0. The summed E-state index contributed by atoms with van der Waals surface area (Å²) in [6.07, 6.45) is 3.16. The molecule has 0 bridgehead atoms. The standard InChI is InChI=1S/C22H27FN2O/c1-5-8-26-16-9-14(3)21(20(23)11-16)22-17-7-6-13(2)19(12-24)18(17)10-15(4)25-22/h6-7,9,11-12,15,22,24-25H,5,8,10H2,1-4H3/t15-,22+/m0/s1. The molecule has 1 aliphatic heterocycles. The van der Waals surface area contributed by atoms with Gasteiger partial charge in [0.15, 0.2) is 0 Å². The van der Waals surface area contributed by atoms with Gasteiger partial charge in [-0.25, -0.2) is 4.39 Å². The highest BCUT2D eigenvalue weighted by molar-refractivity contribution is 5.82. The predicted molar refractivity (Wildman–Crippen MR) is 104 cm³/mol. The fourth-order valence-corrected chi connectivity index (χ4v) is 3.87. The van der Waals surface area contributed by atoms with E-state index in [1.54, 1.807) is 0 Å². The lowest BCUT2D eigenvalue weighted by Gasteiger charge is -2.34. The van der Waals surface area contributed by atoms with Crippen LogP contribution in [0.4, 0.5) is 4.39 Å². The first-order chi connectivity index (χ1) is 12.5. The lowest BCUT2D eigenvalue weighted by molar-refractivity contribution is 0.315. The molecule has 2 atom stereocenters. The van der Waals surface area contributed by atoms with E-state index in [0.29, 0.717) is 17.9 Å². The lowest BCUT2D eigenvalue weighted by atomic mass is 9.82. The zero-order valence-electron chi connectivity index (χ0n) is 15.9. The molecule has 26 heavy (non-hydrogen) atoms. The molecule has 0 saturated heterocycles. The van der Waals surface area contributed by atoms with E-state index in [1.165, 1.54) is 12.3 Å². The molecule has 1 heterocycles. The van der Waals surface area contributed by atoms with Crippen molar-refractivity contribution in [3.63, 3.8) is 0 Å². The maximum Gasteiger partial charge on any atom is 0.132 e. The number of hydrogen-bond acceptors (Lipinski definition) is 3. The molecular weight excluding hydrogens is 327 g/mol. The molecule has 0 radical (unpaired) electrons. The summed E-state index contributed by atoms with van der Waals surface area (Å²) >= 11 is 0. The maximum absolute atomic E-state index is 15.0. The van der Waals surface area contributed by atoms with Gasteiger partial charge in [0.2, 0.25) is 0 Å². The van der Waals surface area contributed by atoms with Crippen molar-refractivity contribution in [2.24, 2.45) is 0 Å². The quantitative estimate of drug-likeness (QED) is 0.754. The number of fused-ring (bicyclic) bond motifs is 1. The largest absolute Gasteiger partial charge is 0.493 e. The third kappa shape index (κ3) is 3.38. The van der Waals surface area contributed by atoms with E-state index in [1.807, 2.05) is 32.9 Å². The maximum atomic E-state index is 15.0. The van der Waals surface area contributed by atoms with E-state index >= 15 is 4.39 Å². The van der Waals surface area contributed by atoms with Gasteiger partial charge in [-0.05, 0) is 67.5 Å².